The standard InChI is InChI=1S/C23H22BrO2/c1-2-22(17-5-3-4-6-17)23(18-7-11-20(25)12-8-18)19-9-13-21(14-10-19)26-16-15-24/h3-14,25H,2,15-16H2,1H3/b23-22-. The van der Waals surface area contributed by atoms with Gasteiger partial charge in [0, 0.05) is 11.2 Å². The van der Waals surface area contributed by atoms with Crippen molar-refractivity contribution >= 4 is 21.5 Å². The molecule has 1 saturated carbocycles. The molecule has 0 aromatic heterocycles. The molecule has 2 nitrogen and oxygen atoms in total. The van der Waals surface area contributed by atoms with Gasteiger partial charge in [0.1, 0.15) is 11.5 Å². The van der Waals surface area contributed by atoms with Gasteiger partial charge in [-0.2, -0.15) is 0 Å². The maximum absolute atomic E-state index is 9.67. The normalized spacial score (nSPS) is 15.8. The Morgan fingerprint density at radius 2 is 1.50 bits per heavy atom. The molecule has 2 aromatic carbocycles. The number of ether oxygens (including phenoxy) is 1. The van der Waals surface area contributed by atoms with Crippen LogP contribution >= 0.6 is 15.9 Å². The molecule has 3 heteroatoms. The third-order valence-corrected chi connectivity index (χ3v) is 4.64. The lowest BCUT2D eigenvalue weighted by atomic mass is 9.84. The zero-order chi connectivity index (χ0) is 18.4. The third-order valence-electron chi connectivity index (χ3n) is 4.31. The van der Waals surface area contributed by atoms with Crippen LogP contribution in [0.25, 0.3) is 5.57 Å². The van der Waals surface area contributed by atoms with Crippen LogP contribution in [0, 0.1) is 31.6 Å². The Bertz CT molecular complexity index is 726. The number of alkyl halides is 1. The Labute approximate surface area is 165 Å². The summed E-state index contributed by atoms with van der Waals surface area (Å²) in [6.45, 7) is 2.82. The molecule has 1 N–H and O–H groups in total. The van der Waals surface area contributed by atoms with Crippen LogP contribution < -0.4 is 4.74 Å². The van der Waals surface area contributed by atoms with Crippen LogP contribution in [-0.4, -0.2) is 17.0 Å². The molecule has 0 atom stereocenters. The zero-order valence-corrected chi connectivity index (χ0v) is 16.4. The molecule has 1 fully saturated rings. The summed E-state index contributed by atoms with van der Waals surface area (Å²) in [5.74, 6) is 2.37. The van der Waals surface area contributed by atoms with Crippen molar-refractivity contribution in [2.24, 2.45) is 0 Å². The second-order valence-corrected chi connectivity index (χ2v) is 6.78. The van der Waals surface area contributed by atoms with Crippen molar-refractivity contribution < 1.29 is 9.84 Å². The van der Waals surface area contributed by atoms with Gasteiger partial charge in [0.2, 0.25) is 0 Å². The minimum absolute atomic E-state index is 0.276. The summed E-state index contributed by atoms with van der Waals surface area (Å²) in [5.41, 5.74) is 4.70. The van der Waals surface area contributed by atoms with Gasteiger partial charge < -0.3 is 9.84 Å². The number of phenols is 1. The fourth-order valence-corrected chi connectivity index (χ4v) is 3.28. The summed E-state index contributed by atoms with van der Waals surface area (Å²) in [4.78, 5) is 0. The van der Waals surface area contributed by atoms with Gasteiger partial charge in [-0.1, -0.05) is 52.7 Å². The van der Waals surface area contributed by atoms with Crippen molar-refractivity contribution in [3.05, 3.63) is 96.8 Å². The van der Waals surface area contributed by atoms with E-state index >= 15 is 0 Å². The quantitative estimate of drug-likeness (QED) is 0.586. The SMILES string of the molecule is CC/C([C]1[CH][CH][CH][CH]1)=C(\c1ccc(O)cc1)c1ccc(OCCBr)cc1. The Kier molecular flexibility index (Phi) is 6.79. The Balaban J connectivity index is 2.03. The van der Waals surface area contributed by atoms with E-state index in [-0.39, 0.29) is 5.75 Å². The summed E-state index contributed by atoms with van der Waals surface area (Å²) in [5, 5.41) is 10.5. The maximum Gasteiger partial charge on any atom is 0.119 e. The van der Waals surface area contributed by atoms with Crippen molar-refractivity contribution in [1.29, 1.82) is 0 Å². The number of rotatable bonds is 7. The van der Waals surface area contributed by atoms with E-state index in [2.05, 4.69) is 60.7 Å². The monoisotopic (exact) mass is 409 g/mol. The molecular formula is C23H22BrO2. The molecule has 0 spiro atoms. The second kappa shape index (κ2) is 9.27. The average molecular weight is 410 g/mol. The highest BCUT2D eigenvalue weighted by atomic mass is 79.9. The van der Waals surface area contributed by atoms with Crippen LogP contribution in [0.15, 0.2) is 54.1 Å². The molecule has 0 aliphatic heterocycles. The molecule has 5 radical (unpaired) electrons. The summed E-state index contributed by atoms with van der Waals surface area (Å²) < 4.78 is 5.67. The molecule has 0 amide bonds. The lowest BCUT2D eigenvalue weighted by molar-refractivity contribution is 0.345. The van der Waals surface area contributed by atoms with E-state index in [0.29, 0.717) is 6.61 Å². The summed E-state index contributed by atoms with van der Waals surface area (Å²) >= 11 is 3.38. The molecule has 133 valence electrons. The molecular weight excluding hydrogens is 388 g/mol. The highest BCUT2D eigenvalue weighted by Crippen LogP contribution is 2.40. The molecule has 26 heavy (non-hydrogen) atoms. The van der Waals surface area contributed by atoms with E-state index in [4.69, 9.17) is 4.74 Å². The van der Waals surface area contributed by atoms with Crippen LogP contribution in [0.1, 0.15) is 24.5 Å². The first-order valence-corrected chi connectivity index (χ1v) is 9.89. The summed E-state index contributed by atoms with van der Waals surface area (Å²) in [6.07, 6.45) is 9.34. The highest BCUT2D eigenvalue weighted by molar-refractivity contribution is 9.09. The zero-order valence-electron chi connectivity index (χ0n) is 14.8. The van der Waals surface area contributed by atoms with E-state index in [1.807, 2.05) is 24.3 Å². The van der Waals surface area contributed by atoms with E-state index in [0.717, 1.165) is 28.6 Å². The van der Waals surface area contributed by atoms with Crippen molar-refractivity contribution in [1.82, 2.24) is 0 Å². The molecule has 3 rings (SSSR count). The van der Waals surface area contributed by atoms with Crippen LogP contribution in [-0.2, 0) is 0 Å². The van der Waals surface area contributed by atoms with E-state index in [1.54, 1.807) is 12.1 Å². The number of hydrogen-bond donors (Lipinski definition) is 1. The minimum atomic E-state index is 0.276. The molecule has 0 bridgehead atoms. The van der Waals surface area contributed by atoms with Crippen molar-refractivity contribution in [3.8, 4) is 11.5 Å². The minimum Gasteiger partial charge on any atom is -0.508 e. The molecule has 0 saturated heterocycles. The van der Waals surface area contributed by atoms with Gasteiger partial charge in [-0.25, -0.2) is 0 Å². The number of allylic oxidation sites excluding steroid dienone is 1. The lowest BCUT2D eigenvalue weighted by Crippen LogP contribution is -2.03. The Morgan fingerprint density at radius 1 is 0.923 bits per heavy atom. The number of phenolic OH excluding ortho intramolecular Hbond substituents is 1. The van der Waals surface area contributed by atoms with E-state index in [1.165, 1.54) is 17.1 Å². The number of hydrogen-bond acceptors (Lipinski definition) is 2. The van der Waals surface area contributed by atoms with Crippen molar-refractivity contribution in [3.63, 3.8) is 0 Å². The lowest BCUT2D eigenvalue weighted by Gasteiger charge is -2.20. The van der Waals surface area contributed by atoms with Gasteiger partial charge in [0.25, 0.3) is 0 Å². The Morgan fingerprint density at radius 3 is 2.04 bits per heavy atom. The first-order chi connectivity index (χ1) is 12.7. The number of benzene rings is 2. The predicted octanol–water partition coefficient (Wildman–Crippen LogP) is 5.78. The molecule has 1 aliphatic rings. The third kappa shape index (κ3) is 4.50. The molecule has 0 unspecified atom stereocenters. The fourth-order valence-electron chi connectivity index (χ4n) is 3.12. The van der Waals surface area contributed by atoms with Crippen molar-refractivity contribution in [2.45, 2.75) is 13.3 Å². The van der Waals surface area contributed by atoms with Gasteiger partial charge in [-0.05, 0) is 73.1 Å². The second-order valence-electron chi connectivity index (χ2n) is 5.99. The van der Waals surface area contributed by atoms with Gasteiger partial charge in [0.05, 0.1) is 6.61 Å². The molecule has 2 aromatic rings. The average Bonchev–Trinajstić information content (AvgIpc) is 3.20. The molecule has 0 heterocycles. The summed E-state index contributed by atoms with van der Waals surface area (Å²) in [6, 6.07) is 15.6. The van der Waals surface area contributed by atoms with E-state index < -0.39 is 0 Å². The summed E-state index contributed by atoms with van der Waals surface area (Å²) in [7, 11) is 0. The van der Waals surface area contributed by atoms with Gasteiger partial charge >= 0.3 is 0 Å². The Hall–Kier alpha value is -1.74. The van der Waals surface area contributed by atoms with Crippen molar-refractivity contribution in [2.75, 3.05) is 11.9 Å². The van der Waals surface area contributed by atoms with E-state index in [9.17, 15) is 5.11 Å². The fraction of sp³-hybridized carbons (Fsp3) is 0.174. The largest absolute Gasteiger partial charge is 0.508 e. The van der Waals surface area contributed by atoms with Crippen LogP contribution in [0.5, 0.6) is 11.5 Å². The highest BCUT2D eigenvalue weighted by Gasteiger charge is 2.24. The smallest absolute Gasteiger partial charge is 0.119 e. The van der Waals surface area contributed by atoms with Crippen LogP contribution in [0.2, 0.25) is 0 Å². The molecule has 1 aliphatic carbocycles. The first kappa shape index (κ1) is 19.0. The van der Waals surface area contributed by atoms with Crippen LogP contribution in [0.4, 0.5) is 0 Å². The van der Waals surface area contributed by atoms with Gasteiger partial charge in [-0.15, -0.1) is 0 Å². The number of halogens is 1. The van der Waals surface area contributed by atoms with Crippen LogP contribution in [0.3, 0.4) is 0 Å². The maximum atomic E-state index is 9.67. The predicted molar refractivity (Wildman–Crippen MR) is 111 cm³/mol. The number of aromatic hydroxyl groups is 1. The van der Waals surface area contributed by atoms with Gasteiger partial charge in [0.15, 0.2) is 0 Å². The first-order valence-electron chi connectivity index (χ1n) is 8.76. The van der Waals surface area contributed by atoms with Gasteiger partial charge in [-0.3, -0.25) is 0 Å². The topological polar surface area (TPSA) is 29.5 Å².